The van der Waals surface area contributed by atoms with Crippen molar-refractivity contribution < 1.29 is 117 Å². The molecule has 8 aromatic carbocycles. The summed E-state index contributed by atoms with van der Waals surface area (Å²) in [5, 5.41) is 83.0. The van der Waals surface area contributed by atoms with E-state index in [1.54, 1.807) is 125 Å². The quantitative estimate of drug-likeness (QED) is 0.0226. The standard InChI is InChI=1S/C72H64O24/c1-37-5-13-41(14-6-37)69-45-21-47(55(91-31-63(77)78)25-53(45)89-29-61(73)74)70(42-15-7-38(2)8-16-42)49-23-51(59(95-35-67(85)86)27-57(49)93-33-65(81)82)72(44-19-11-40(4)12-20-44)52-24-50(58(94-34-66(83)84)28-60(52)96-36-68(87)88)71(43-17-9-39(3)10-18-43)48-22-46(69)54(90-30-62(75)76)26-56(48)92-32-64(79)80/h5-28,69-72H,29-36H2,1-4H3,(H,73,74)(H,75,76)(H,77,78)(H,79,80)(H,81,82)(H,83,84)(H,85,86)(H,87,88). The first-order valence-corrected chi connectivity index (χ1v) is 29.6. The molecular formula is C72H64O24. The van der Waals surface area contributed by atoms with Gasteiger partial charge in [-0.2, -0.15) is 0 Å². The Morgan fingerprint density at radius 2 is 0.354 bits per heavy atom. The lowest BCUT2D eigenvalue weighted by Crippen LogP contribution is -2.20. The van der Waals surface area contributed by atoms with Gasteiger partial charge in [0, 0.05) is 92.4 Å². The maximum atomic E-state index is 12.8. The number of carbonyl (C=O) groups is 8. The van der Waals surface area contributed by atoms with Crippen LogP contribution in [0.1, 0.15) is 113 Å². The molecule has 0 spiro atoms. The molecule has 0 aliphatic heterocycles. The van der Waals surface area contributed by atoms with Crippen LogP contribution in [0.25, 0.3) is 0 Å². The Morgan fingerprint density at radius 1 is 0.229 bits per heavy atom. The van der Waals surface area contributed by atoms with Crippen molar-refractivity contribution in [3.8, 4) is 46.0 Å². The van der Waals surface area contributed by atoms with Crippen LogP contribution in [0.4, 0.5) is 0 Å². The summed E-state index contributed by atoms with van der Waals surface area (Å²) in [6, 6.07) is 38.9. The molecule has 8 N–H and O–H groups in total. The lowest BCUT2D eigenvalue weighted by Gasteiger charge is -2.32. The second-order valence-corrected chi connectivity index (χ2v) is 22.5. The number of carboxylic acid groups (broad SMARTS) is 8. The Balaban J connectivity index is 1.65. The number of hydrogen-bond acceptors (Lipinski definition) is 16. The Labute approximate surface area is 547 Å². The highest BCUT2D eigenvalue weighted by atomic mass is 16.5. The lowest BCUT2D eigenvalue weighted by molar-refractivity contribution is -0.140. The van der Waals surface area contributed by atoms with Gasteiger partial charge >= 0.3 is 47.8 Å². The van der Waals surface area contributed by atoms with Gasteiger partial charge in [0.15, 0.2) is 52.9 Å². The minimum absolute atomic E-state index is 0.0547. The number of carboxylic acids is 8. The summed E-state index contributed by atoms with van der Waals surface area (Å²) in [6.45, 7) is -1.00. The van der Waals surface area contributed by atoms with Crippen LogP contribution in [0.15, 0.2) is 146 Å². The van der Waals surface area contributed by atoms with Crippen molar-refractivity contribution in [3.63, 3.8) is 0 Å². The number of benzene rings is 8. The zero-order valence-corrected chi connectivity index (χ0v) is 51.9. The molecule has 8 bridgehead atoms. The van der Waals surface area contributed by atoms with Gasteiger partial charge in [-0.1, -0.05) is 119 Å². The molecule has 1 aliphatic rings. The van der Waals surface area contributed by atoms with E-state index in [-0.39, 0.29) is 90.5 Å². The first-order chi connectivity index (χ1) is 45.8. The highest BCUT2D eigenvalue weighted by molar-refractivity contribution is 5.75. The molecule has 0 fully saturated rings. The second-order valence-electron chi connectivity index (χ2n) is 22.5. The third kappa shape index (κ3) is 16.6. The van der Waals surface area contributed by atoms with Crippen LogP contribution < -0.4 is 37.9 Å². The third-order valence-electron chi connectivity index (χ3n) is 15.5. The van der Waals surface area contributed by atoms with Gasteiger partial charge in [-0.05, 0) is 74.2 Å². The van der Waals surface area contributed by atoms with E-state index in [1.165, 1.54) is 48.5 Å². The number of aliphatic carboxylic acids is 8. The van der Waals surface area contributed by atoms with Crippen LogP contribution in [-0.2, 0) is 38.4 Å². The highest BCUT2D eigenvalue weighted by Gasteiger charge is 2.38. The van der Waals surface area contributed by atoms with Crippen LogP contribution in [-0.4, -0.2) is 141 Å². The SMILES string of the molecule is Cc1ccc(C2c3cc(c(OCC(=O)O)cc3OCC(=O)O)C(c3ccc(C)cc3)c3cc(c(OCC(=O)O)cc3OCC(=O)O)C(c3ccc(C)cc3)c3cc(c(OCC(=O)O)cc3OCC(=O)O)C(c3ccc(C)cc3)c3cc2c(OCC(=O)O)cc3OCC(=O)O)cc1. The van der Waals surface area contributed by atoms with Gasteiger partial charge in [-0.3, -0.25) is 0 Å². The van der Waals surface area contributed by atoms with E-state index in [2.05, 4.69) is 0 Å². The van der Waals surface area contributed by atoms with Gasteiger partial charge in [0.05, 0.1) is 0 Å². The fourth-order valence-corrected chi connectivity index (χ4v) is 11.4. The molecule has 496 valence electrons. The van der Waals surface area contributed by atoms with Crippen LogP contribution >= 0.6 is 0 Å². The summed E-state index contributed by atoms with van der Waals surface area (Å²) in [4.78, 5) is 102. The molecule has 0 heterocycles. The monoisotopic (exact) mass is 1310 g/mol. The zero-order chi connectivity index (χ0) is 69.1. The van der Waals surface area contributed by atoms with E-state index >= 15 is 0 Å². The van der Waals surface area contributed by atoms with Crippen molar-refractivity contribution in [3.05, 3.63) is 235 Å². The topological polar surface area (TPSA) is 372 Å². The van der Waals surface area contributed by atoms with Crippen molar-refractivity contribution in [2.45, 2.75) is 51.4 Å². The Kier molecular flexibility index (Phi) is 21.4. The minimum atomic E-state index is -1.47. The van der Waals surface area contributed by atoms with Crippen molar-refractivity contribution in [1.82, 2.24) is 0 Å². The van der Waals surface area contributed by atoms with E-state index in [1.807, 2.05) is 0 Å². The highest BCUT2D eigenvalue weighted by Crippen LogP contribution is 2.55. The third-order valence-corrected chi connectivity index (χ3v) is 15.5. The predicted molar refractivity (Wildman–Crippen MR) is 339 cm³/mol. The molecule has 9 rings (SSSR count). The molecule has 8 aromatic rings. The molecule has 0 radical (unpaired) electrons. The lowest BCUT2D eigenvalue weighted by atomic mass is 9.75. The molecule has 0 atom stereocenters. The van der Waals surface area contributed by atoms with E-state index in [0.29, 0.717) is 22.3 Å². The molecule has 0 saturated heterocycles. The number of rotatable bonds is 28. The van der Waals surface area contributed by atoms with Crippen molar-refractivity contribution in [2.75, 3.05) is 52.9 Å². The fraction of sp³-hybridized carbons (Fsp3) is 0.222. The first kappa shape index (κ1) is 68.3. The van der Waals surface area contributed by atoms with Gasteiger partial charge in [0.1, 0.15) is 46.0 Å². The van der Waals surface area contributed by atoms with Crippen LogP contribution in [0.2, 0.25) is 0 Å². The molecule has 24 heteroatoms. The Morgan fingerprint density at radius 3 is 0.469 bits per heavy atom. The van der Waals surface area contributed by atoms with Crippen molar-refractivity contribution in [2.24, 2.45) is 0 Å². The minimum Gasteiger partial charge on any atom is -0.481 e. The van der Waals surface area contributed by atoms with Gasteiger partial charge in [-0.15, -0.1) is 0 Å². The summed E-state index contributed by atoms with van der Waals surface area (Å²) in [7, 11) is 0. The molecule has 24 nitrogen and oxygen atoms in total. The fourth-order valence-electron chi connectivity index (χ4n) is 11.4. The molecule has 0 aromatic heterocycles. The number of aryl methyl sites for hydroxylation is 4. The largest absolute Gasteiger partial charge is 0.481 e. The summed E-state index contributed by atoms with van der Waals surface area (Å²) < 4.78 is 50.0. The average molecular weight is 1310 g/mol. The Bertz CT molecular complexity index is 3560. The van der Waals surface area contributed by atoms with Crippen LogP contribution in [0, 0.1) is 27.7 Å². The summed E-state index contributed by atoms with van der Waals surface area (Å²) in [5.41, 5.74) is 4.92. The Hall–Kier alpha value is -12.1. The van der Waals surface area contributed by atoms with Crippen molar-refractivity contribution in [1.29, 1.82) is 0 Å². The number of ether oxygens (including phenoxy) is 8. The molecule has 0 amide bonds. The normalized spacial score (nSPS) is 14.6. The summed E-state index contributed by atoms with van der Waals surface area (Å²) >= 11 is 0. The maximum absolute atomic E-state index is 12.8. The van der Waals surface area contributed by atoms with Gasteiger partial charge in [0.25, 0.3) is 0 Å². The second kappa shape index (κ2) is 30.1. The van der Waals surface area contributed by atoms with E-state index in [0.717, 1.165) is 22.3 Å². The summed E-state index contributed by atoms with van der Waals surface area (Å²) in [5.74, 6) is -19.2. The molecule has 96 heavy (non-hydrogen) atoms. The molecule has 1 aliphatic carbocycles. The van der Waals surface area contributed by atoms with Crippen molar-refractivity contribution >= 4 is 47.8 Å². The smallest absolute Gasteiger partial charge is 0.341 e. The maximum Gasteiger partial charge on any atom is 0.341 e. The molecule has 0 saturated carbocycles. The molecule has 0 unspecified atom stereocenters. The number of fused-ring (bicyclic) bond motifs is 8. The van der Waals surface area contributed by atoms with Gasteiger partial charge in [-0.25, -0.2) is 38.4 Å². The average Bonchev–Trinajstić information content (AvgIpc) is 0.740. The van der Waals surface area contributed by atoms with E-state index < -0.39 is 124 Å². The van der Waals surface area contributed by atoms with E-state index in [9.17, 15) is 79.2 Å². The van der Waals surface area contributed by atoms with Gasteiger partial charge in [0.2, 0.25) is 0 Å². The van der Waals surface area contributed by atoms with Crippen LogP contribution in [0.3, 0.4) is 0 Å². The predicted octanol–water partition coefficient (Wildman–Crippen LogP) is 9.66. The van der Waals surface area contributed by atoms with Crippen LogP contribution in [0.5, 0.6) is 46.0 Å². The number of hydrogen-bond donors (Lipinski definition) is 8. The zero-order valence-electron chi connectivity index (χ0n) is 51.9. The van der Waals surface area contributed by atoms with Gasteiger partial charge < -0.3 is 78.7 Å². The molecular weight excluding hydrogens is 1250 g/mol. The summed E-state index contributed by atoms with van der Waals surface area (Å²) in [6.07, 6.45) is 0. The van der Waals surface area contributed by atoms with E-state index in [4.69, 9.17) is 37.9 Å². The first-order valence-electron chi connectivity index (χ1n) is 29.6.